The number of rotatable bonds is 8. The summed E-state index contributed by atoms with van der Waals surface area (Å²) in [7, 11) is 0. The number of aromatic nitrogens is 1. The minimum atomic E-state index is -0.844. The lowest BCUT2D eigenvalue weighted by Gasteiger charge is -2.21. The van der Waals surface area contributed by atoms with E-state index in [1.165, 1.54) is 0 Å². The summed E-state index contributed by atoms with van der Waals surface area (Å²) in [6.45, 7) is 4.28. The SMILES string of the molecule is Cc1ccccc1[C@H](CCC(=O)O)CNC(=O)c1c(C)c(-c2ccccc2)nc2ccc(Br)cc12. The van der Waals surface area contributed by atoms with E-state index in [9.17, 15) is 14.7 Å². The molecule has 1 aromatic heterocycles. The van der Waals surface area contributed by atoms with Gasteiger partial charge in [0, 0.05) is 34.3 Å². The number of aliphatic carboxylic acids is 1. The van der Waals surface area contributed by atoms with E-state index in [4.69, 9.17) is 4.98 Å². The Morgan fingerprint density at radius 2 is 1.71 bits per heavy atom. The standard InChI is InChI=1S/C29H27BrN2O3/c1-18-8-6-7-11-23(18)21(12-15-26(33)34)17-31-29(35)27-19(2)28(20-9-4-3-5-10-20)32-25-14-13-22(30)16-24(25)27/h3-11,13-14,16,21H,12,15,17H2,1-2H3,(H,31,35)(H,33,34)/t21-/m1/s1. The summed E-state index contributed by atoms with van der Waals surface area (Å²) < 4.78 is 0.868. The maximum absolute atomic E-state index is 13.7. The predicted octanol–water partition coefficient (Wildman–Crippen LogP) is 6.66. The third-order valence-electron chi connectivity index (χ3n) is 6.31. The van der Waals surface area contributed by atoms with Crippen LogP contribution in [0.2, 0.25) is 0 Å². The van der Waals surface area contributed by atoms with Gasteiger partial charge in [0.05, 0.1) is 16.8 Å². The molecular formula is C29H27BrN2O3. The molecule has 0 aliphatic carbocycles. The van der Waals surface area contributed by atoms with Crippen molar-refractivity contribution in [2.75, 3.05) is 6.54 Å². The first kappa shape index (κ1) is 24.6. The molecule has 6 heteroatoms. The fraction of sp³-hybridized carbons (Fsp3) is 0.207. The number of hydrogen-bond acceptors (Lipinski definition) is 3. The van der Waals surface area contributed by atoms with Crippen molar-refractivity contribution in [3.05, 3.63) is 99.5 Å². The molecule has 5 nitrogen and oxygen atoms in total. The van der Waals surface area contributed by atoms with Crippen LogP contribution in [0.15, 0.2) is 77.3 Å². The highest BCUT2D eigenvalue weighted by Gasteiger charge is 2.22. The van der Waals surface area contributed by atoms with Gasteiger partial charge in [-0.3, -0.25) is 9.59 Å². The van der Waals surface area contributed by atoms with E-state index in [1.54, 1.807) is 0 Å². The van der Waals surface area contributed by atoms with Gasteiger partial charge in [-0.2, -0.15) is 0 Å². The third kappa shape index (κ3) is 5.60. The summed E-state index contributed by atoms with van der Waals surface area (Å²) in [5.41, 5.74) is 5.98. The second-order valence-corrected chi connectivity index (χ2v) is 9.60. The Bertz CT molecular complexity index is 1390. The molecule has 35 heavy (non-hydrogen) atoms. The Morgan fingerprint density at radius 3 is 2.43 bits per heavy atom. The van der Waals surface area contributed by atoms with Crippen molar-refractivity contribution in [2.24, 2.45) is 0 Å². The lowest BCUT2D eigenvalue weighted by atomic mass is 9.90. The number of nitrogens with zero attached hydrogens (tertiary/aromatic N) is 1. The van der Waals surface area contributed by atoms with Crippen molar-refractivity contribution in [3.8, 4) is 11.3 Å². The number of carbonyl (C=O) groups is 2. The molecule has 0 unspecified atom stereocenters. The van der Waals surface area contributed by atoms with E-state index < -0.39 is 5.97 Å². The molecule has 0 aliphatic heterocycles. The molecule has 4 aromatic rings. The van der Waals surface area contributed by atoms with Gasteiger partial charge >= 0.3 is 5.97 Å². The van der Waals surface area contributed by atoms with Crippen molar-refractivity contribution in [1.82, 2.24) is 10.3 Å². The summed E-state index contributed by atoms with van der Waals surface area (Å²) in [5, 5.41) is 13.1. The number of fused-ring (bicyclic) bond motifs is 1. The minimum absolute atomic E-state index is 0.0389. The number of nitrogens with one attached hydrogen (secondary N) is 1. The Morgan fingerprint density at radius 1 is 1.00 bits per heavy atom. The van der Waals surface area contributed by atoms with E-state index in [0.29, 0.717) is 18.5 Å². The minimum Gasteiger partial charge on any atom is -0.481 e. The highest BCUT2D eigenvalue weighted by Crippen LogP contribution is 2.31. The van der Waals surface area contributed by atoms with E-state index >= 15 is 0 Å². The Hall–Kier alpha value is -3.51. The smallest absolute Gasteiger partial charge is 0.303 e. The number of benzene rings is 3. The van der Waals surface area contributed by atoms with Crippen LogP contribution in [0.25, 0.3) is 22.2 Å². The quantitative estimate of drug-likeness (QED) is 0.267. The molecule has 0 saturated carbocycles. The van der Waals surface area contributed by atoms with E-state index in [0.717, 1.165) is 43.3 Å². The van der Waals surface area contributed by atoms with Gasteiger partial charge in [0.1, 0.15) is 0 Å². The van der Waals surface area contributed by atoms with Crippen LogP contribution in [0.3, 0.4) is 0 Å². The largest absolute Gasteiger partial charge is 0.481 e. The zero-order valence-corrected chi connectivity index (χ0v) is 21.3. The van der Waals surface area contributed by atoms with Crippen LogP contribution in [-0.2, 0) is 4.79 Å². The molecule has 178 valence electrons. The summed E-state index contributed by atoms with van der Waals surface area (Å²) in [5.74, 6) is -1.15. The van der Waals surface area contributed by atoms with Crippen LogP contribution >= 0.6 is 15.9 Å². The molecule has 2 N–H and O–H groups in total. The number of carboxylic acids is 1. The Kier molecular flexibility index (Phi) is 7.61. The Labute approximate surface area is 213 Å². The maximum atomic E-state index is 13.7. The van der Waals surface area contributed by atoms with Crippen molar-refractivity contribution >= 4 is 38.7 Å². The monoisotopic (exact) mass is 530 g/mol. The van der Waals surface area contributed by atoms with Gasteiger partial charge in [-0.05, 0) is 55.2 Å². The summed E-state index contributed by atoms with van der Waals surface area (Å²) in [4.78, 5) is 29.8. The lowest BCUT2D eigenvalue weighted by Crippen LogP contribution is -2.30. The van der Waals surface area contributed by atoms with Gasteiger partial charge in [-0.15, -0.1) is 0 Å². The van der Waals surface area contributed by atoms with Gasteiger partial charge in [0.15, 0.2) is 0 Å². The first-order chi connectivity index (χ1) is 16.8. The molecule has 0 bridgehead atoms. The fourth-order valence-electron chi connectivity index (χ4n) is 4.51. The summed E-state index contributed by atoms with van der Waals surface area (Å²) in [6, 6.07) is 23.5. The summed E-state index contributed by atoms with van der Waals surface area (Å²) in [6.07, 6.45) is 0.481. The second kappa shape index (κ2) is 10.8. The number of carbonyl (C=O) groups excluding carboxylic acids is 1. The van der Waals surface area contributed by atoms with Gasteiger partial charge in [0.25, 0.3) is 5.91 Å². The van der Waals surface area contributed by atoms with E-state index in [1.807, 2.05) is 86.6 Å². The van der Waals surface area contributed by atoms with Crippen LogP contribution in [0.1, 0.15) is 45.8 Å². The molecule has 1 heterocycles. The average Bonchev–Trinajstić information content (AvgIpc) is 2.84. The van der Waals surface area contributed by atoms with Gasteiger partial charge < -0.3 is 10.4 Å². The van der Waals surface area contributed by atoms with Crippen molar-refractivity contribution in [2.45, 2.75) is 32.6 Å². The highest BCUT2D eigenvalue weighted by atomic mass is 79.9. The second-order valence-electron chi connectivity index (χ2n) is 8.68. The molecule has 1 amide bonds. The number of aryl methyl sites for hydroxylation is 1. The van der Waals surface area contributed by atoms with Crippen LogP contribution in [-0.4, -0.2) is 28.5 Å². The molecule has 0 aliphatic rings. The molecule has 0 spiro atoms. The number of pyridine rings is 1. The number of halogens is 1. The van der Waals surface area contributed by atoms with Gasteiger partial charge in [-0.1, -0.05) is 70.5 Å². The number of hydrogen-bond donors (Lipinski definition) is 2. The summed E-state index contributed by atoms with van der Waals surface area (Å²) >= 11 is 3.52. The first-order valence-electron chi connectivity index (χ1n) is 11.6. The van der Waals surface area contributed by atoms with Crippen molar-refractivity contribution in [3.63, 3.8) is 0 Å². The van der Waals surface area contributed by atoms with Crippen LogP contribution in [0.4, 0.5) is 0 Å². The zero-order chi connectivity index (χ0) is 24.9. The average molecular weight is 531 g/mol. The van der Waals surface area contributed by atoms with E-state index in [-0.39, 0.29) is 18.2 Å². The van der Waals surface area contributed by atoms with Crippen LogP contribution < -0.4 is 5.32 Å². The van der Waals surface area contributed by atoms with Gasteiger partial charge in [0.2, 0.25) is 0 Å². The Balaban J connectivity index is 1.71. The third-order valence-corrected chi connectivity index (χ3v) is 6.80. The molecule has 3 aromatic carbocycles. The number of carboxylic acid groups (broad SMARTS) is 1. The molecule has 1 atom stereocenters. The number of amides is 1. The van der Waals surface area contributed by atoms with E-state index in [2.05, 4.69) is 21.2 Å². The maximum Gasteiger partial charge on any atom is 0.303 e. The first-order valence-corrected chi connectivity index (χ1v) is 12.3. The van der Waals surface area contributed by atoms with Gasteiger partial charge in [-0.25, -0.2) is 4.98 Å². The van der Waals surface area contributed by atoms with Crippen LogP contribution in [0.5, 0.6) is 0 Å². The topological polar surface area (TPSA) is 79.3 Å². The predicted molar refractivity (Wildman–Crippen MR) is 143 cm³/mol. The lowest BCUT2D eigenvalue weighted by molar-refractivity contribution is -0.137. The molecule has 0 radical (unpaired) electrons. The van der Waals surface area contributed by atoms with Crippen molar-refractivity contribution < 1.29 is 14.7 Å². The molecule has 0 saturated heterocycles. The zero-order valence-electron chi connectivity index (χ0n) is 19.7. The van der Waals surface area contributed by atoms with Crippen LogP contribution in [0, 0.1) is 13.8 Å². The highest BCUT2D eigenvalue weighted by molar-refractivity contribution is 9.10. The molecular weight excluding hydrogens is 504 g/mol. The molecule has 0 fully saturated rings. The fourth-order valence-corrected chi connectivity index (χ4v) is 4.88. The normalized spacial score (nSPS) is 11.9. The molecule has 4 rings (SSSR count). The van der Waals surface area contributed by atoms with Crippen molar-refractivity contribution in [1.29, 1.82) is 0 Å².